The van der Waals surface area contributed by atoms with Crippen LogP contribution in [0.2, 0.25) is 0 Å². The first-order valence-corrected chi connectivity index (χ1v) is 14.5. The van der Waals surface area contributed by atoms with Gasteiger partial charge in [-0.25, -0.2) is 19.6 Å². The number of urea groups is 1. The summed E-state index contributed by atoms with van der Waals surface area (Å²) in [6.07, 6.45) is 9.90. The molecule has 0 aromatic carbocycles. The van der Waals surface area contributed by atoms with Gasteiger partial charge in [-0.1, -0.05) is 13.8 Å². The van der Waals surface area contributed by atoms with E-state index in [-0.39, 0.29) is 17.8 Å². The summed E-state index contributed by atoms with van der Waals surface area (Å²) in [7, 11) is 3.20. The average molecular weight is 589 g/mol. The molecule has 4 heterocycles. The van der Waals surface area contributed by atoms with Gasteiger partial charge in [-0.15, -0.1) is 0 Å². The third-order valence-corrected chi connectivity index (χ3v) is 6.47. The maximum absolute atomic E-state index is 12.3. The standard InChI is InChI=1S/C23H34N8O3.C3H8N2O.C2H6/c1-23(2,3)34-22(33)30-11-7-17(8-12-30)31-15-16(13-26-31)27-21-19(20(24)32)25-14-18(28-21)29-9-5-4-6-10-29;1-5(2)3(4)6;1-2/h13-15,17H,4-12H2,1-3H3,(H2,24,32)(H,27,28);1-2H3,(H2,4,6);1-2H3. The number of amides is 4. The van der Waals surface area contributed by atoms with Crippen LogP contribution in [0.4, 0.5) is 26.9 Å². The van der Waals surface area contributed by atoms with Crippen LogP contribution in [-0.2, 0) is 4.74 Å². The number of hydrogen-bond donors (Lipinski definition) is 3. The number of carbonyl (C=O) groups is 3. The summed E-state index contributed by atoms with van der Waals surface area (Å²) in [6, 6.07) is -0.245. The molecule has 5 N–H and O–H groups in total. The Bertz CT molecular complexity index is 1160. The second-order valence-electron chi connectivity index (χ2n) is 11.1. The van der Waals surface area contributed by atoms with Crippen LogP contribution in [0.25, 0.3) is 0 Å². The Balaban J connectivity index is 0.000000686. The highest BCUT2D eigenvalue weighted by Crippen LogP contribution is 2.27. The van der Waals surface area contributed by atoms with Crippen LogP contribution < -0.4 is 21.7 Å². The molecule has 42 heavy (non-hydrogen) atoms. The lowest BCUT2D eigenvalue weighted by Crippen LogP contribution is -2.42. The van der Waals surface area contributed by atoms with E-state index in [2.05, 4.69) is 25.3 Å². The molecule has 0 unspecified atom stereocenters. The normalized spacial score (nSPS) is 15.4. The SMILES string of the molecule is CC.CC(C)(C)OC(=O)N1CCC(n2cc(Nc3nc(N4CCCCC4)cnc3C(N)=O)cn2)CC1.CN(C)C(N)=O. The maximum atomic E-state index is 12.3. The van der Waals surface area contributed by atoms with Crippen molar-refractivity contribution in [3.05, 3.63) is 24.3 Å². The number of nitrogens with one attached hydrogen (secondary N) is 1. The number of primary amides is 2. The van der Waals surface area contributed by atoms with E-state index in [0.717, 1.165) is 44.6 Å². The number of rotatable bonds is 5. The summed E-state index contributed by atoms with van der Waals surface area (Å²) in [6.45, 7) is 12.7. The van der Waals surface area contributed by atoms with Crippen LogP contribution >= 0.6 is 0 Å². The van der Waals surface area contributed by atoms with Gasteiger partial charge in [0, 0.05) is 46.5 Å². The smallest absolute Gasteiger partial charge is 0.410 e. The van der Waals surface area contributed by atoms with Gasteiger partial charge in [0.1, 0.15) is 11.4 Å². The molecule has 4 amide bonds. The molecule has 0 radical (unpaired) electrons. The lowest BCUT2D eigenvalue weighted by atomic mass is 10.1. The van der Waals surface area contributed by atoms with Gasteiger partial charge in [-0.3, -0.25) is 9.48 Å². The maximum Gasteiger partial charge on any atom is 0.410 e. The lowest BCUT2D eigenvalue weighted by molar-refractivity contribution is 0.0184. The van der Waals surface area contributed by atoms with E-state index in [4.69, 9.17) is 16.2 Å². The first-order valence-electron chi connectivity index (χ1n) is 14.5. The van der Waals surface area contributed by atoms with Crippen LogP contribution in [0.1, 0.15) is 83.3 Å². The van der Waals surface area contributed by atoms with Gasteiger partial charge in [-0.2, -0.15) is 5.10 Å². The van der Waals surface area contributed by atoms with Gasteiger partial charge < -0.3 is 36.2 Å². The largest absolute Gasteiger partial charge is 0.444 e. The molecule has 2 aliphatic heterocycles. The molecule has 0 saturated carbocycles. The zero-order chi connectivity index (χ0) is 31.4. The Labute approximate surface area is 248 Å². The molecule has 0 aliphatic carbocycles. The molecule has 2 aliphatic rings. The van der Waals surface area contributed by atoms with Crippen LogP contribution in [0.15, 0.2) is 18.6 Å². The zero-order valence-corrected chi connectivity index (χ0v) is 26.1. The Morgan fingerprint density at radius 2 is 1.60 bits per heavy atom. The van der Waals surface area contributed by atoms with Crippen molar-refractivity contribution < 1.29 is 19.1 Å². The molecule has 14 heteroatoms. The second-order valence-corrected chi connectivity index (χ2v) is 11.1. The summed E-state index contributed by atoms with van der Waals surface area (Å²) in [5, 5.41) is 7.67. The number of ether oxygens (including phenoxy) is 1. The molecule has 0 bridgehead atoms. The Morgan fingerprint density at radius 3 is 2.12 bits per heavy atom. The summed E-state index contributed by atoms with van der Waals surface area (Å²) >= 11 is 0. The van der Waals surface area contributed by atoms with Gasteiger partial charge >= 0.3 is 12.1 Å². The molecule has 14 nitrogen and oxygen atoms in total. The summed E-state index contributed by atoms with van der Waals surface area (Å²) < 4.78 is 7.36. The summed E-state index contributed by atoms with van der Waals surface area (Å²) in [4.78, 5) is 48.2. The number of anilines is 3. The fourth-order valence-corrected chi connectivity index (χ4v) is 4.30. The van der Waals surface area contributed by atoms with Crippen molar-refractivity contribution >= 4 is 35.4 Å². The van der Waals surface area contributed by atoms with E-state index < -0.39 is 17.5 Å². The minimum atomic E-state index is -0.637. The molecule has 234 valence electrons. The number of aromatic nitrogens is 4. The van der Waals surface area contributed by atoms with Crippen LogP contribution in [0.5, 0.6) is 0 Å². The number of carbonyl (C=O) groups excluding carboxylic acids is 3. The van der Waals surface area contributed by atoms with Gasteiger partial charge in [0.2, 0.25) is 0 Å². The second kappa shape index (κ2) is 15.8. The molecule has 0 spiro atoms. The Kier molecular flexibility index (Phi) is 12.8. The minimum absolute atomic E-state index is 0.0965. The quantitative estimate of drug-likeness (QED) is 0.469. The average Bonchev–Trinajstić information content (AvgIpc) is 3.42. The van der Waals surface area contributed by atoms with Crippen molar-refractivity contribution in [2.24, 2.45) is 11.5 Å². The number of nitrogens with zero attached hydrogens (tertiary/aromatic N) is 7. The van der Waals surface area contributed by atoms with E-state index in [0.29, 0.717) is 24.6 Å². The number of nitrogens with two attached hydrogens (primary N) is 2. The third-order valence-electron chi connectivity index (χ3n) is 6.47. The molecular weight excluding hydrogens is 540 g/mol. The predicted molar refractivity (Wildman–Crippen MR) is 163 cm³/mol. The van der Waals surface area contributed by atoms with Crippen molar-refractivity contribution in [1.82, 2.24) is 29.5 Å². The van der Waals surface area contributed by atoms with Crippen molar-refractivity contribution in [1.29, 1.82) is 0 Å². The number of likely N-dealkylation sites (tertiary alicyclic amines) is 1. The molecule has 2 saturated heterocycles. The first kappa shape index (κ1) is 34.1. The third kappa shape index (κ3) is 10.4. The van der Waals surface area contributed by atoms with Crippen molar-refractivity contribution in [2.75, 3.05) is 50.5 Å². The number of piperidine rings is 2. The van der Waals surface area contributed by atoms with Crippen molar-refractivity contribution in [3.8, 4) is 0 Å². The summed E-state index contributed by atoms with van der Waals surface area (Å²) in [5.74, 6) is 0.422. The van der Waals surface area contributed by atoms with E-state index >= 15 is 0 Å². The zero-order valence-electron chi connectivity index (χ0n) is 26.1. The Morgan fingerprint density at radius 1 is 1.00 bits per heavy atom. The fourth-order valence-electron chi connectivity index (χ4n) is 4.30. The van der Waals surface area contributed by atoms with Gasteiger partial charge in [0.05, 0.1) is 24.1 Å². The van der Waals surface area contributed by atoms with Crippen LogP contribution in [0.3, 0.4) is 0 Å². The van der Waals surface area contributed by atoms with Crippen molar-refractivity contribution in [2.45, 2.75) is 78.4 Å². The van der Waals surface area contributed by atoms with Crippen LogP contribution in [0, 0.1) is 0 Å². The topological polar surface area (TPSA) is 178 Å². The number of hydrogen-bond acceptors (Lipinski definition) is 9. The highest BCUT2D eigenvalue weighted by Gasteiger charge is 2.28. The monoisotopic (exact) mass is 588 g/mol. The van der Waals surface area contributed by atoms with Gasteiger partial charge in [-0.05, 0) is 52.9 Å². The van der Waals surface area contributed by atoms with E-state index in [1.54, 1.807) is 31.4 Å². The molecule has 2 aromatic rings. The van der Waals surface area contributed by atoms with Crippen molar-refractivity contribution in [3.63, 3.8) is 0 Å². The predicted octanol–water partition coefficient (Wildman–Crippen LogP) is 3.73. The van der Waals surface area contributed by atoms with Gasteiger partial charge in [0.15, 0.2) is 11.5 Å². The molecular formula is C28H48N10O4. The van der Waals surface area contributed by atoms with Gasteiger partial charge in [0.25, 0.3) is 5.91 Å². The van der Waals surface area contributed by atoms with E-state index in [9.17, 15) is 14.4 Å². The lowest BCUT2D eigenvalue weighted by Gasteiger charge is -2.33. The fraction of sp³-hybridized carbons (Fsp3) is 0.643. The Hall–Kier alpha value is -4.10. The summed E-state index contributed by atoms with van der Waals surface area (Å²) in [5.41, 5.74) is 10.5. The van der Waals surface area contributed by atoms with E-state index in [1.807, 2.05) is 45.5 Å². The minimum Gasteiger partial charge on any atom is -0.444 e. The van der Waals surface area contributed by atoms with E-state index in [1.165, 1.54) is 11.3 Å². The molecule has 4 rings (SSSR count). The first-order chi connectivity index (χ1) is 19.8. The highest BCUT2D eigenvalue weighted by molar-refractivity contribution is 5.96. The van der Waals surface area contributed by atoms with Crippen LogP contribution in [-0.4, -0.2) is 93.5 Å². The molecule has 2 fully saturated rings. The molecule has 0 atom stereocenters. The molecule has 2 aromatic heterocycles. The highest BCUT2D eigenvalue weighted by atomic mass is 16.6.